The van der Waals surface area contributed by atoms with Gasteiger partial charge in [0.25, 0.3) is 5.91 Å². The number of aryl methyl sites for hydroxylation is 2. The number of rotatable bonds is 13. The Bertz CT molecular complexity index is 1040. The molecule has 0 aliphatic heterocycles. The molecule has 0 bridgehead atoms. The minimum absolute atomic E-state index is 0.157. The number of methoxy groups -OCH3 is 3. The average molecular weight is 454 g/mol. The number of hydrogen-bond donors (Lipinski definition) is 1. The van der Waals surface area contributed by atoms with E-state index >= 15 is 0 Å². The van der Waals surface area contributed by atoms with Crippen molar-refractivity contribution in [3.63, 3.8) is 0 Å². The zero-order valence-corrected chi connectivity index (χ0v) is 20.1. The van der Waals surface area contributed by atoms with E-state index in [2.05, 4.69) is 35.0 Å². The minimum Gasteiger partial charge on any atom is -0.493 e. The van der Waals surface area contributed by atoms with Crippen LogP contribution in [0.5, 0.6) is 17.2 Å². The second-order valence-electron chi connectivity index (χ2n) is 8.00. The van der Waals surface area contributed by atoms with Gasteiger partial charge >= 0.3 is 0 Å². The summed E-state index contributed by atoms with van der Waals surface area (Å²) in [6.07, 6.45) is 6.23. The van der Waals surface area contributed by atoms with E-state index in [-0.39, 0.29) is 5.91 Å². The van der Waals surface area contributed by atoms with Gasteiger partial charge in [-0.1, -0.05) is 31.9 Å². The van der Waals surface area contributed by atoms with Crippen LogP contribution in [0.1, 0.15) is 55.2 Å². The van der Waals surface area contributed by atoms with Crippen LogP contribution in [0.15, 0.2) is 36.4 Å². The molecule has 0 spiro atoms. The van der Waals surface area contributed by atoms with E-state index in [1.807, 2.05) is 6.07 Å². The highest BCUT2D eigenvalue weighted by Gasteiger charge is 2.16. The summed E-state index contributed by atoms with van der Waals surface area (Å²) in [5.74, 6) is 2.41. The molecule has 178 valence electrons. The molecule has 1 N–H and O–H groups in total. The molecule has 3 rings (SSSR count). The average Bonchev–Trinajstić information content (AvgIpc) is 3.20. The Labute approximate surface area is 196 Å². The number of nitrogens with one attached hydrogen (secondary N) is 1. The van der Waals surface area contributed by atoms with E-state index in [1.54, 1.807) is 19.2 Å². The van der Waals surface area contributed by atoms with Gasteiger partial charge in [-0.15, -0.1) is 0 Å². The van der Waals surface area contributed by atoms with Gasteiger partial charge in [0.1, 0.15) is 5.82 Å². The van der Waals surface area contributed by atoms with Crippen molar-refractivity contribution in [2.45, 2.75) is 52.0 Å². The lowest BCUT2D eigenvalue weighted by Crippen LogP contribution is -2.24. The number of para-hydroxylation sites is 2. The van der Waals surface area contributed by atoms with Crippen LogP contribution in [-0.4, -0.2) is 43.3 Å². The summed E-state index contributed by atoms with van der Waals surface area (Å²) < 4.78 is 18.3. The monoisotopic (exact) mass is 453 g/mol. The molecule has 0 saturated heterocycles. The van der Waals surface area contributed by atoms with E-state index < -0.39 is 0 Å². The van der Waals surface area contributed by atoms with Gasteiger partial charge in [0.05, 0.1) is 32.4 Å². The fourth-order valence-electron chi connectivity index (χ4n) is 3.98. The maximum atomic E-state index is 12.6. The molecule has 7 heteroatoms. The first kappa shape index (κ1) is 24.4. The molecule has 33 heavy (non-hydrogen) atoms. The lowest BCUT2D eigenvalue weighted by molar-refractivity contribution is 0.0952. The van der Waals surface area contributed by atoms with Crippen molar-refractivity contribution in [3.8, 4) is 17.2 Å². The van der Waals surface area contributed by atoms with E-state index in [9.17, 15) is 4.79 Å². The number of hydrogen-bond acceptors (Lipinski definition) is 5. The van der Waals surface area contributed by atoms with Gasteiger partial charge in [0.15, 0.2) is 11.5 Å². The molecule has 0 saturated carbocycles. The number of carbonyl (C=O) groups excluding carboxylic acids is 1. The number of fused-ring (bicyclic) bond motifs is 1. The summed E-state index contributed by atoms with van der Waals surface area (Å²) in [6.45, 7) is 3.84. The van der Waals surface area contributed by atoms with Crippen molar-refractivity contribution in [1.82, 2.24) is 14.9 Å². The van der Waals surface area contributed by atoms with Crippen molar-refractivity contribution in [2.24, 2.45) is 0 Å². The first-order chi connectivity index (χ1) is 16.1. The maximum Gasteiger partial charge on any atom is 0.251 e. The zero-order valence-electron chi connectivity index (χ0n) is 20.1. The van der Waals surface area contributed by atoms with Crippen molar-refractivity contribution < 1.29 is 19.0 Å². The standard InChI is InChI=1S/C26H35N3O4/c1-5-6-16-29-21-13-10-9-12-20(21)28-24(29)14-8-7-11-15-27-26(30)19-17-22(31-2)25(33-4)23(18-19)32-3/h9-10,12-13,17-18H,5-8,11,14-16H2,1-4H3,(H,27,30). The Morgan fingerprint density at radius 1 is 0.970 bits per heavy atom. The molecule has 0 fully saturated rings. The summed E-state index contributed by atoms with van der Waals surface area (Å²) in [5.41, 5.74) is 2.77. The van der Waals surface area contributed by atoms with Gasteiger partial charge in [0.2, 0.25) is 5.75 Å². The highest BCUT2D eigenvalue weighted by molar-refractivity contribution is 5.95. The Balaban J connectivity index is 1.50. The third-order valence-electron chi connectivity index (χ3n) is 5.76. The molecule has 3 aromatic rings. The number of unbranched alkanes of at least 4 members (excludes halogenated alkanes) is 3. The van der Waals surface area contributed by atoms with Crippen molar-refractivity contribution >= 4 is 16.9 Å². The number of nitrogens with zero attached hydrogens (tertiary/aromatic N) is 2. The molecule has 2 aromatic carbocycles. The topological polar surface area (TPSA) is 74.6 Å². The number of amides is 1. The number of carbonyl (C=O) groups is 1. The van der Waals surface area contributed by atoms with Gasteiger partial charge in [0, 0.05) is 25.1 Å². The van der Waals surface area contributed by atoms with Crippen molar-refractivity contribution in [3.05, 3.63) is 47.8 Å². The van der Waals surface area contributed by atoms with Gasteiger partial charge < -0.3 is 24.1 Å². The van der Waals surface area contributed by atoms with Gasteiger partial charge in [-0.3, -0.25) is 4.79 Å². The lowest BCUT2D eigenvalue weighted by Gasteiger charge is -2.14. The number of benzene rings is 2. The smallest absolute Gasteiger partial charge is 0.251 e. The summed E-state index contributed by atoms with van der Waals surface area (Å²) in [5, 5.41) is 2.99. The van der Waals surface area contributed by atoms with Gasteiger partial charge in [-0.2, -0.15) is 0 Å². The van der Waals surface area contributed by atoms with Crippen LogP contribution < -0.4 is 19.5 Å². The fraction of sp³-hybridized carbons (Fsp3) is 0.462. The summed E-state index contributed by atoms with van der Waals surface area (Å²) in [4.78, 5) is 17.5. The highest BCUT2D eigenvalue weighted by Crippen LogP contribution is 2.38. The van der Waals surface area contributed by atoms with Gasteiger partial charge in [-0.05, 0) is 43.5 Å². The summed E-state index contributed by atoms with van der Waals surface area (Å²) in [7, 11) is 4.62. The second-order valence-corrected chi connectivity index (χ2v) is 8.00. The van der Waals surface area contributed by atoms with Crippen LogP contribution >= 0.6 is 0 Å². The molecule has 0 aliphatic carbocycles. The normalized spacial score (nSPS) is 10.9. The Morgan fingerprint density at radius 2 is 1.70 bits per heavy atom. The first-order valence-corrected chi connectivity index (χ1v) is 11.6. The Kier molecular flexibility index (Phi) is 8.98. The molecule has 1 amide bonds. The largest absolute Gasteiger partial charge is 0.493 e. The van der Waals surface area contributed by atoms with Crippen LogP contribution in [0, 0.1) is 0 Å². The van der Waals surface area contributed by atoms with Crippen LogP contribution in [0.4, 0.5) is 0 Å². The molecule has 0 atom stereocenters. The molecule has 1 aromatic heterocycles. The van der Waals surface area contributed by atoms with Crippen molar-refractivity contribution in [1.29, 1.82) is 0 Å². The molecule has 0 radical (unpaired) electrons. The predicted molar refractivity (Wildman–Crippen MR) is 131 cm³/mol. The van der Waals surface area contributed by atoms with Crippen LogP contribution in [0.2, 0.25) is 0 Å². The first-order valence-electron chi connectivity index (χ1n) is 11.6. The molecule has 0 aliphatic rings. The van der Waals surface area contributed by atoms with E-state index in [4.69, 9.17) is 19.2 Å². The second kappa shape index (κ2) is 12.1. The molecule has 0 unspecified atom stereocenters. The number of aromatic nitrogens is 2. The van der Waals surface area contributed by atoms with E-state index in [0.717, 1.165) is 56.4 Å². The van der Waals surface area contributed by atoms with Crippen LogP contribution in [0.3, 0.4) is 0 Å². The fourth-order valence-corrected chi connectivity index (χ4v) is 3.98. The van der Waals surface area contributed by atoms with E-state index in [0.29, 0.717) is 29.4 Å². The van der Waals surface area contributed by atoms with Crippen LogP contribution in [0.25, 0.3) is 11.0 Å². The van der Waals surface area contributed by atoms with E-state index in [1.165, 1.54) is 19.7 Å². The molecule has 7 nitrogen and oxygen atoms in total. The third-order valence-corrected chi connectivity index (χ3v) is 5.76. The quantitative estimate of drug-likeness (QED) is 0.369. The highest BCUT2D eigenvalue weighted by atomic mass is 16.5. The summed E-state index contributed by atoms with van der Waals surface area (Å²) >= 11 is 0. The SMILES string of the molecule is CCCCn1c(CCCCCNC(=O)c2cc(OC)c(OC)c(OC)c2)nc2ccccc21. The van der Waals surface area contributed by atoms with Crippen molar-refractivity contribution in [2.75, 3.05) is 27.9 Å². The summed E-state index contributed by atoms with van der Waals surface area (Å²) in [6, 6.07) is 11.7. The Morgan fingerprint density at radius 3 is 2.36 bits per heavy atom. The maximum absolute atomic E-state index is 12.6. The lowest BCUT2D eigenvalue weighted by atomic mass is 10.1. The zero-order chi connectivity index (χ0) is 23.6. The minimum atomic E-state index is -0.157. The number of ether oxygens (including phenoxy) is 3. The molecular formula is C26H35N3O4. The van der Waals surface area contributed by atoms with Gasteiger partial charge in [-0.25, -0.2) is 4.98 Å². The Hall–Kier alpha value is -3.22. The molecular weight excluding hydrogens is 418 g/mol. The van der Waals surface area contributed by atoms with Crippen LogP contribution in [-0.2, 0) is 13.0 Å². The third kappa shape index (κ3) is 5.97. The predicted octanol–water partition coefficient (Wildman–Crippen LogP) is 5.01. The number of imidazole rings is 1. The molecule has 1 heterocycles.